The molecule has 1 unspecified atom stereocenters. The zero-order valence-corrected chi connectivity index (χ0v) is 14.1. The van der Waals surface area contributed by atoms with Crippen molar-refractivity contribution in [3.8, 4) is 0 Å². The third-order valence-corrected chi connectivity index (χ3v) is 3.81. The highest BCUT2D eigenvalue weighted by Crippen LogP contribution is 2.37. The summed E-state index contributed by atoms with van der Waals surface area (Å²) in [4.78, 5) is 36.0. The van der Waals surface area contributed by atoms with Crippen LogP contribution in [-0.4, -0.2) is 53.1 Å². The first-order valence-corrected chi connectivity index (χ1v) is 7.60. The van der Waals surface area contributed by atoms with Gasteiger partial charge in [0, 0.05) is 19.5 Å². The van der Waals surface area contributed by atoms with E-state index in [0.29, 0.717) is 0 Å². The number of amides is 2. The number of carboxylic acid groups (broad SMARTS) is 1. The first-order chi connectivity index (χ1) is 10.7. The second-order valence-electron chi connectivity index (χ2n) is 7.36. The van der Waals surface area contributed by atoms with Crippen LogP contribution in [0.15, 0.2) is 0 Å². The molecule has 1 aliphatic heterocycles. The molecule has 0 aromatic carbocycles. The summed E-state index contributed by atoms with van der Waals surface area (Å²) in [7, 11) is 0. The fraction of sp³-hybridized carbons (Fsp3) is 0.800. The monoisotopic (exact) mass is 352 g/mol. The molecule has 3 atom stereocenters. The molecule has 9 heteroatoms. The zero-order chi connectivity index (χ0) is 18.9. The van der Waals surface area contributed by atoms with E-state index in [1.807, 2.05) is 20.8 Å². The van der Waals surface area contributed by atoms with E-state index in [0.717, 1.165) is 4.90 Å². The summed E-state index contributed by atoms with van der Waals surface area (Å²) in [6, 6.07) is -1.01. The van der Waals surface area contributed by atoms with Crippen molar-refractivity contribution in [2.45, 2.75) is 46.3 Å². The van der Waals surface area contributed by atoms with Gasteiger partial charge < -0.3 is 15.3 Å². The number of hydrogen-bond acceptors (Lipinski definition) is 3. The minimum absolute atomic E-state index is 0.160. The van der Waals surface area contributed by atoms with Crippen molar-refractivity contribution < 1.29 is 32.7 Å². The first kappa shape index (κ1) is 20.2. The maximum atomic E-state index is 12.9. The summed E-state index contributed by atoms with van der Waals surface area (Å²) in [6.07, 6.45) is -4.54. The molecule has 2 amide bonds. The van der Waals surface area contributed by atoms with Gasteiger partial charge in [-0.3, -0.25) is 14.4 Å². The van der Waals surface area contributed by atoms with Crippen molar-refractivity contribution in [1.29, 1.82) is 0 Å². The molecule has 1 heterocycles. The normalized spacial score (nSPS) is 23.0. The van der Waals surface area contributed by atoms with Gasteiger partial charge >= 0.3 is 12.1 Å². The van der Waals surface area contributed by atoms with Crippen molar-refractivity contribution in [1.82, 2.24) is 10.2 Å². The molecule has 2 N–H and O–H groups in total. The Morgan fingerprint density at radius 1 is 1.21 bits per heavy atom. The van der Waals surface area contributed by atoms with E-state index in [9.17, 15) is 27.6 Å². The Balaban J connectivity index is 2.74. The molecule has 0 aromatic heterocycles. The molecule has 1 aliphatic rings. The fourth-order valence-corrected chi connectivity index (χ4v) is 2.68. The molecule has 1 saturated heterocycles. The third kappa shape index (κ3) is 5.38. The van der Waals surface area contributed by atoms with E-state index in [-0.39, 0.29) is 17.7 Å². The van der Waals surface area contributed by atoms with Crippen molar-refractivity contribution in [2.24, 2.45) is 17.3 Å². The molecule has 6 nitrogen and oxygen atoms in total. The van der Waals surface area contributed by atoms with Gasteiger partial charge in [-0.25, -0.2) is 0 Å². The summed E-state index contributed by atoms with van der Waals surface area (Å²) >= 11 is 0. The molecular formula is C15H23F3N2O4. The van der Waals surface area contributed by atoms with E-state index in [4.69, 9.17) is 5.11 Å². The summed E-state index contributed by atoms with van der Waals surface area (Å²) in [5, 5.41) is 11.4. The molecule has 1 fully saturated rings. The minimum Gasteiger partial charge on any atom is -0.481 e. The lowest BCUT2D eigenvalue weighted by Gasteiger charge is -2.24. The summed E-state index contributed by atoms with van der Waals surface area (Å²) < 4.78 is 38.8. The molecule has 0 aliphatic carbocycles. The zero-order valence-electron chi connectivity index (χ0n) is 14.1. The van der Waals surface area contributed by atoms with Gasteiger partial charge in [0.25, 0.3) is 0 Å². The van der Waals surface area contributed by atoms with E-state index in [1.165, 1.54) is 6.92 Å². The topological polar surface area (TPSA) is 86.7 Å². The Hall–Kier alpha value is -1.80. The molecule has 0 saturated carbocycles. The standard InChI is InChI=1S/C15H23F3N2O4/c1-8(19-11(21)5-14(2,3)4)12(22)20-6-9(13(23)24)10(7-20)15(16,17)18/h8-10H,5-7H2,1-4H3,(H,19,21)(H,23,24)/t8?,9-,10-/m1/s1. The van der Waals surface area contributed by atoms with E-state index < -0.39 is 49.0 Å². The number of likely N-dealkylation sites (tertiary alicyclic amines) is 1. The Morgan fingerprint density at radius 2 is 1.75 bits per heavy atom. The van der Waals surface area contributed by atoms with Crippen LogP contribution in [0, 0.1) is 17.3 Å². The molecular weight excluding hydrogens is 329 g/mol. The third-order valence-electron chi connectivity index (χ3n) is 3.81. The number of aliphatic carboxylic acids is 1. The number of carboxylic acids is 1. The number of alkyl halides is 3. The van der Waals surface area contributed by atoms with Crippen molar-refractivity contribution in [2.75, 3.05) is 13.1 Å². The molecule has 138 valence electrons. The Labute approximate surface area is 138 Å². The second-order valence-corrected chi connectivity index (χ2v) is 7.36. The first-order valence-electron chi connectivity index (χ1n) is 7.60. The largest absolute Gasteiger partial charge is 0.481 e. The SMILES string of the molecule is CC(NC(=O)CC(C)(C)C)C(=O)N1C[C@@H](C(F)(F)F)[C@H](C(=O)O)C1. The average molecular weight is 352 g/mol. The Kier molecular flexibility index (Phi) is 5.89. The highest BCUT2D eigenvalue weighted by molar-refractivity contribution is 5.88. The van der Waals surface area contributed by atoms with Crippen LogP contribution in [0.2, 0.25) is 0 Å². The van der Waals surface area contributed by atoms with Crippen LogP contribution in [0.25, 0.3) is 0 Å². The van der Waals surface area contributed by atoms with Gasteiger partial charge in [0.1, 0.15) is 6.04 Å². The number of hydrogen-bond donors (Lipinski definition) is 2. The Bertz CT molecular complexity index is 514. The second kappa shape index (κ2) is 6.98. The predicted molar refractivity (Wildman–Crippen MR) is 78.9 cm³/mol. The van der Waals surface area contributed by atoms with Gasteiger partial charge in [-0.1, -0.05) is 20.8 Å². The van der Waals surface area contributed by atoms with Crippen molar-refractivity contribution in [3.05, 3.63) is 0 Å². The van der Waals surface area contributed by atoms with Crippen LogP contribution in [0.3, 0.4) is 0 Å². The maximum Gasteiger partial charge on any atom is 0.394 e. The van der Waals surface area contributed by atoms with Crippen LogP contribution in [0.4, 0.5) is 13.2 Å². The Morgan fingerprint density at radius 3 is 2.12 bits per heavy atom. The van der Waals surface area contributed by atoms with Crippen LogP contribution in [0.5, 0.6) is 0 Å². The molecule has 0 aromatic rings. The number of halogens is 3. The van der Waals surface area contributed by atoms with E-state index in [1.54, 1.807) is 0 Å². The van der Waals surface area contributed by atoms with Gasteiger partial charge in [0.15, 0.2) is 0 Å². The highest BCUT2D eigenvalue weighted by Gasteiger charge is 2.53. The van der Waals surface area contributed by atoms with Crippen LogP contribution < -0.4 is 5.32 Å². The maximum absolute atomic E-state index is 12.9. The molecule has 0 spiro atoms. The predicted octanol–water partition coefficient (Wildman–Crippen LogP) is 1.65. The van der Waals surface area contributed by atoms with Crippen LogP contribution in [-0.2, 0) is 14.4 Å². The van der Waals surface area contributed by atoms with Crippen LogP contribution in [0.1, 0.15) is 34.1 Å². The number of nitrogens with one attached hydrogen (secondary N) is 1. The molecule has 1 rings (SSSR count). The van der Waals surface area contributed by atoms with Crippen molar-refractivity contribution >= 4 is 17.8 Å². The highest BCUT2D eigenvalue weighted by atomic mass is 19.4. The lowest BCUT2D eigenvalue weighted by molar-refractivity contribution is -0.188. The van der Waals surface area contributed by atoms with Gasteiger partial charge in [-0.05, 0) is 12.3 Å². The lowest BCUT2D eigenvalue weighted by atomic mass is 9.92. The molecule has 24 heavy (non-hydrogen) atoms. The average Bonchev–Trinajstić information content (AvgIpc) is 2.79. The summed E-state index contributed by atoms with van der Waals surface area (Å²) in [5.41, 5.74) is -0.295. The van der Waals surface area contributed by atoms with Gasteiger partial charge in [-0.2, -0.15) is 13.2 Å². The number of nitrogens with zero attached hydrogens (tertiary/aromatic N) is 1. The number of rotatable bonds is 4. The summed E-state index contributed by atoms with van der Waals surface area (Å²) in [6.45, 7) is 5.66. The smallest absolute Gasteiger partial charge is 0.394 e. The van der Waals surface area contributed by atoms with Gasteiger partial charge in [0.2, 0.25) is 11.8 Å². The fourth-order valence-electron chi connectivity index (χ4n) is 2.68. The van der Waals surface area contributed by atoms with E-state index in [2.05, 4.69) is 5.32 Å². The van der Waals surface area contributed by atoms with Gasteiger partial charge in [0.05, 0.1) is 11.8 Å². The van der Waals surface area contributed by atoms with Gasteiger partial charge in [-0.15, -0.1) is 0 Å². The lowest BCUT2D eigenvalue weighted by Crippen LogP contribution is -2.47. The minimum atomic E-state index is -4.70. The number of carbonyl (C=O) groups excluding carboxylic acids is 2. The van der Waals surface area contributed by atoms with Crippen molar-refractivity contribution in [3.63, 3.8) is 0 Å². The molecule has 0 radical (unpaired) electrons. The van der Waals surface area contributed by atoms with Crippen LogP contribution >= 0.6 is 0 Å². The summed E-state index contributed by atoms with van der Waals surface area (Å²) in [5.74, 6) is -6.47. The number of carbonyl (C=O) groups is 3. The molecule has 0 bridgehead atoms. The van der Waals surface area contributed by atoms with E-state index >= 15 is 0 Å². The quantitative estimate of drug-likeness (QED) is 0.805.